The first-order valence-corrected chi connectivity index (χ1v) is 8.61. The number of likely N-dealkylation sites (N-methyl/N-ethyl adjacent to an activating group) is 1. The molecule has 1 aliphatic rings. The fourth-order valence-corrected chi connectivity index (χ4v) is 3.32. The number of carbonyl (C=O) groups is 2. The fourth-order valence-electron chi connectivity index (χ4n) is 3.32. The molecule has 1 aromatic rings. The average Bonchev–Trinajstić information content (AvgIpc) is 3.09. The fraction of sp³-hybridized carbons (Fsp3) is 0.556. The van der Waals surface area contributed by atoms with Gasteiger partial charge in [-0.2, -0.15) is 13.2 Å². The van der Waals surface area contributed by atoms with Gasteiger partial charge in [-0.1, -0.05) is 26.0 Å². The zero-order valence-corrected chi connectivity index (χ0v) is 14.8. The predicted octanol–water partition coefficient (Wildman–Crippen LogP) is 3.02. The Morgan fingerprint density at radius 3 is 2.46 bits per heavy atom. The Kier molecular flexibility index (Phi) is 6.28. The van der Waals surface area contributed by atoms with Gasteiger partial charge in [0.2, 0.25) is 5.91 Å². The number of alkyl halides is 3. The molecule has 0 radical (unpaired) electrons. The summed E-state index contributed by atoms with van der Waals surface area (Å²) in [5, 5.41) is 9.12. The third-order valence-electron chi connectivity index (χ3n) is 4.79. The van der Waals surface area contributed by atoms with Gasteiger partial charge >= 0.3 is 12.1 Å². The summed E-state index contributed by atoms with van der Waals surface area (Å²) in [5.74, 6) is -1.94. The van der Waals surface area contributed by atoms with Crippen molar-refractivity contribution in [2.45, 2.75) is 32.5 Å². The quantitative estimate of drug-likeness (QED) is 0.834. The van der Waals surface area contributed by atoms with Gasteiger partial charge in [-0.25, -0.2) is 0 Å². The molecular formula is C18H23F3N2O3. The van der Waals surface area contributed by atoms with E-state index in [4.69, 9.17) is 5.11 Å². The number of carboxylic acid groups (broad SMARTS) is 1. The van der Waals surface area contributed by atoms with Gasteiger partial charge in [0, 0.05) is 13.1 Å². The largest absolute Gasteiger partial charge is 0.481 e. The van der Waals surface area contributed by atoms with Gasteiger partial charge < -0.3 is 10.0 Å². The summed E-state index contributed by atoms with van der Waals surface area (Å²) in [6, 6.07) is 3.93. The van der Waals surface area contributed by atoms with Crippen molar-refractivity contribution in [3.8, 4) is 0 Å². The van der Waals surface area contributed by atoms with Gasteiger partial charge in [0.1, 0.15) is 6.04 Å². The monoisotopic (exact) mass is 372 g/mol. The second kappa shape index (κ2) is 8.07. The summed E-state index contributed by atoms with van der Waals surface area (Å²) in [6.45, 7) is 5.03. The van der Waals surface area contributed by atoms with E-state index in [1.807, 2.05) is 13.8 Å². The maximum absolute atomic E-state index is 13.1. The normalized spacial score (nSPS) is 19.0. The maximum Gasteiger partial charge on any atom is 0.416 e. The zero-order chi connectivity index (χ0) is 19.5. The highest BCUT2D eigenvalue weighted by Gasteiger charge is 2.37. The molecule has 0 aliphatic carbocycles. The van der Waals surface area contributed by atoms with Crippen molar-refractivity contribution in [1.82, 2.24) is 9.80 Å². The summed E-state index contributed by atoms with van der Waals surface area (Å²) in [4.78, 5) is 27.4. The van der Waals surface area contributed by atoms with Gasteiger partial charge in [0.15, 0.2) is 0 Å². The molecule has 0 spiro atoms. The SMILES string of the molecule is CCN(CC)[C@H](C(=O)N1CC[C@@H](C(=O)O)C1)c1cccc(C(F)(F)F)c1. The minimum absolute atomic E-state index is 0.0882. The number of halogens is 3. The molecule has 1 N–H and O–H groups in total. The van der Waals surface area contributed by atoms with Gasteiger partial charge in [0.05, 0.1) is 11.5 Å². The van der Waals surface area contributed by atoms with E-state index < -0.39 is 29.7 Å². The van der Waals surface area contributed by atoms with Gasteiger partial charge in [0.25, 0.3) is 0 Å². The highest BCUT2D eigenvalue weighted by atomic mass is 19.4. The second-order valence-electron chi connectivity index (χ2n) is 6.36. The van der Waals surface area contributed by atoms with E-state index in [-0.39, 0.29) is 18.0 Å². The van der Waals surface area contributed by atoms with Crippen molar-refractivity contribution in [1.29, 1.82) is 0 Å². The first-order chi connectivity index (χ1) is 12.2. The maximum atomic E-state index is 13.1. The number of likely N-dealkylation sites (tertiary alicyclic amines) is 1. The van der Waals surface area contributed by atoms with E-state index in [9.17, 15) is 22.8 Å². The number of amides is 1. The molecule has 1 saturated heterocycles. The molecule has 144 valence electrons. The van der Waals surface area contributed by atoms with Crippen molar-refractivity contribution < 1.29 is 27.9 Å². The summed E-state index contributed by atoms with van der Waals surface area (Å²) >= 11 is 0. The summed E-state index contributed by atoms with van der Waals surface area (Å²) in [6.07, 6.45) is -4.14. The third kappa shape index (κ3) is 4.35. The molecule has 5 nitrogen and oxygen atoms in total. The van der Waals surface area contributed by atoms with Gasteiger partial charge in [-0.3, -0.25) is 14.5 Å². The molecule has 0 aromatic heterocycles. The Morgan fingerprint density at radius 1 is 1.31 bits per heavy atom. The van der Waals surface area contributed by atoms with Crippen molar-refractivity contribution in [2.75, 3.05) is 26.2 Å². The standard InChI is InChI=1S/C18H23F3N2O3/c1-3-22(4-2)15(12-6-5-7-14(10-12)18(19,20)21)16(24)23-9-8-13(11-23)17(25)26/h5-7,10,13,15H,3-4,8-9,11H2,1-2H3,(H,25,26)/t13-,15+/m1/s1. The van der Waals surface area contributed by atoms with Gasteiger partial charge in [-0.05, 0) is 37.2 Å². The second-order valence-corrected chi connectivity index (χ2v) is 6.36. The lowest BCUT2D eigenvalue weighted by molar-refractivity contribution is -0.142. The van der Waals surface area contributed by atoms with E-state index in [0.29, 0.717) is 26.1 Å². The lowest BCUT2D eigenvalue weighted by Crippen LogP contribution is -2.42. The number of benzene rings is 1. The number of carboxylic acids is 1. The molecule has 1 heterocycles. The smallest absolute Gasteiger partial charge is 0.416 e. The van der Waals surface area contributed by atoms with Crippen LogP contribution in [0.4, 0.5) is 13.2 Å². The minimum atomic E-state index is -4.49. The third-order valence-corrected chi connectivity index (χ3v) is 4.79. The van der Waals surface area contributed by atoms with Crippen molar-refractivity contribution >= 4 is 11.9 Å². The number of hydrogen-bond acceptors (Lipinski definition) is 3. The highest BCUT2D eigenvalue weighted by molar-refractivity contribution is 5.84. The van der Waals surface area contributed by atoms with Crippen molar-refractivity contribution in [3.05, 3.63) is 35.4 Å². The molecule has 1 fully saturated rings. The van der Waals surface area contributed by atoms with Crippen LogP contribution in [0.15, 0.2) is 24.3 Å². The van der Waals surface area contributed by atoms with Crippen LogP contribution in [0.3, 0.4) is 0 Å². The lowest BCUT2D eigenvalue weighted by Gasteiger charge is -2.32. The number of nitrogens with zero attached hydrogens (tertiary/aromatic N) is 2. The number of rotatable bonds is 6. The van der Waals surface area contributed by atoms with E-state index in [2.05, 4.69) is 0 Å². The van der Waals surface area contributed by atoms with Crippen LogP contribution in [0.5, 0.6) is 0 Å². The van der Waals surface area contributed by atoms with Crippen LogP contribution in [0.2, 0.25) is 0 Å². The molecule has 2 atom stereocenters. The van der Waals surface area contributed by atoms with Gasteiger partial charge in [-0.15, -0.1) is 0 Å². The first kappa shape index (κ1) is 20.2. The summed E-state index contributed by atoms with van der Waals surface area (Å²) < 4.78 is 39.2. The van der Waals surface area contributed by atoms with Crippen LogP contribution in [0, 0.1) is 5.92 Å². The topological polar surface area (TPSA) is 60.9 Å². The molecular weight excluding hydrogens is 349 g/mol. The Hall–Kier alpha value is -2.09. The number of aliphatic carboxylic acids is 1. The van der Waals surface area contributed by atoms with Crippen LogP contribution >= 0.6 is 0 Å². The predicted molar refractivity (Wildman–Crippen MR) is 89.4 cm³/mol. The van der Waals surface area contributed by atoms with Crippen molar-refractivity contribution in [3.63, 3.8) is 0 Å². The molecule has 1 amide bonds. The Bertz CT molecular complexity index is 659. The van der Waals surface area contributed by atoms with E-state index in [0.717, 1.165) is 12.1 Å². The summed E-state index contributed by atoms with van der Waals surface area (Å²) in [7, 11) is 0. The molecule has 0 saturated carbocycles. The Morgan fingerprint density at radius 2 is 1.96 bits per heavy atom. The van der Waals surface area contributed by atoms with Crippen LogP contribution in [-0.2, 0) is 15.8 Å². The van der Waals surface area contributed by atoms with E-state index in [1.54, 1.807) is 4.90 Å². The molecule has 1 aliphatic heterocycles. The molecule has 0 bridgehead atoms. The molecule has 0 unspecified atom stereocenters. The Balaban J connectivity index is 2.36. The van der Waals surface area contributed by atoms with Crippen LogP contribution in [0.1, 0.15) is 37.4 Å². The van der Waals surface area contributed by atoms with Crippen molar-refractivity contribution in [2.24, 2.45) is 5.92 Å². The highest BCUT2D eigenvalue weighted by Crippen LogP contribution is 2.33. The molecule has 2 rings (SSSR count). The summed E-state index contributed by atoms with van der Waals surface area (Å²) in [5.41, 5.74) is -0.530. The molecule has 1 aromatic carbocycles. The number of hydrogen-bond donors (Lipinski definition) is 1. The Labute approximate surface area is 150 Å². The van der Waals surface area contributed by atoms with Crippen LogP contribution in [-0.4, -0.2) is 53.0 Å². The molecule has 26 heavy (non-hydrogen) atoms. The van der Waals surface area contributed by atoms with E-state index >= 15 is 0 Å². The lowest BCUT2D eigenvalue weighted by atomic mass is 10.0. The zero-order valence-electron chi connectivity index (χ0n) is 14.8. The van der Waals surface area contributed by atoms with Crippen LogP contribution < -0.4 is 0 Å². The van der Waals surface area contributed by atoms with E-state index in [1.165, 1.54) is 17.0 Å². The van der Waals surface area contributed by atoms with Crippen LogP contribution in [0.25, 0.3) is 0 Å². The average molecular weight is 372 g/mol. The molecule has 8 heteroatoms. The minimum Gasteiger partial charge on any atom is -0.481 e. The first-order valence-electron chi connectivity index (χ1n) is 8.61. The number of carbonyl (C=O) groups excluding carboxylic acids is 1.